The summed E-state index contributed by atoms with van der Waals surface area (Å²) in [6.45, 7) is 5.02. The minimum absolute atomic E-state index is 0.114. The molecule has 3 N–H and O–H groups in total. The Labute approximate surface area is 227 Å². The summed E-state index contributed by atoms with van der Waals surface area (Å²) in [6, 6.07) is 0. The van der Waals surface area contributed by atoms with Gasteiger partial charge in [0.1, 0.15) is 24.4 Å². The lowest BCUT2D eigenvalue weighted by atomic mass is 9.40. The Hall–Kier alpha value is -2.11. The minimum atomic E-state index is -1.53. The summed E-state index contributed by atoms with van der Waals surface area (Å²) < 4.78 is 24.1. The highest BCUT2D eigenvalue weighted by Gasteiger charge is 2.83. The van der Waals surface area contributed by atoms with Gasteiger partial charge in [-0.05, 0) is 57.9 Å². The van der Waals surface area contributed by atoms with Crippen LogP contribution in [0.4, 0.5) is 0 Å². The molecule has 0 aromatic heterocycles. The summed E-state index contributed by atoms with van der Waals surface area (Å²) >= 11 is 0. The largest absolute Gasteiger partial charge is 0.462 e. The van der Waals surface area contributed by atoms with Crippen LogP contribution in [0.2, 0.25) is 0 Å². The minimum Gasteiger partial charge on any atom is -0.462 e. The Bertz CT molecular complexity index is 1160. The maximum Gasteiger partial charge on any atom is 0.330 e. The lowest BCUT2D eigenvalue weighted by Gasteiger charge is -2.71. The van der Waals surface area contributed by atoms with E-state index in [9.17, 15) is 29.7 Å². The SMILES string of the molecule is CC(=O)[C@@]12CC/C=C\C(=O)O[C@@H]3C[C@H]4O[C@@H]5[C@@H]6C[C@@]4(O)[C@@]3(C)[C@]5(CC[C@]6(C)O)COC(=O)/C=C(/CCO1)[C@H]2O. The molecule has 214 valence electrons. The van der Waals surface area contributed by atoms with Gasteiger partial charge in [0.25, 0.3) is 0 Å². The summed E-state index contributed by atoms with van der Waals surface area (Å²) in [5.74, 6) is -2.02. The molecule has 0 amide bonds. The van der Waals surface area contributed by atoms with Gasteiger partial charge in [0.05, 0.1) is 24.4 Å². The van der Waals surface area contributed by atoms with Gasteiger partial charge in [-0.1, -0.05) is 13.0 Å². The van der Waals surface area contributed by atoms with Crippen molar-refractivity contribution in [2.24, 2.45) is 16.7 Å². The topological polar surface area (TPSA) is 149 Å². The number of carbonyl (C=O) groups excluding carboxylic acids is 3. The van der Waals surface area contributed by atoms with Crippen molar-refractivity contribution >= 4 is 17.7 Å². The third-order valence-corrected chi connectivity index (χ3v) is 11.3. The molecule has 3 saturated carbocycles. The van der Waals surface area contributed by atoms with Gasteiger partial charge in [-0.2, -0.15) is 0 Å². The molecule has 3 saturated heterocycles. The van der Waals surface area contributed by atoms with Crippen LogP contribution in [0, 0.1) is 16.7 Å². The number of fused-ring (bicyclic) bond motifs is 2. The van der Waals surface area contributed by atoms with Crippen molar-refractivity contribution in [3.8, 4) is 0 Å². The van der Waals surface area contributed by atoms with E-state index in [1.165, 1.54) is 19.1 Å². The molecule has 7 rings (SSSR count). The van der Waals surface area contributed by atoms with Crippen molar-refractivity contribution in [3.05, 3.63) is 23.8 Å². The molecular formula is C29H38O10. The highest BCUT2D eigenvalue weighted by molar-refractivity contribution is 5.88. The molecule has 0 aromatic rings. The van der Waals surface area contributed by atoms with Crippen molar-refractivity contribution in [2.45, 2.75) is 107 Å². The van der Waals surface area contributed by atoms with Crippen LogP contribution in [0.3, 0.4) is 0 Å². The molecule has 4 heterocycles. The predicted molar refractivity (Wildman–Crippen MR) is 134 cm³/mol. The van der Waals surface area contributed by atoms with Gasteiger partial charge in [-0.3, -0.25) is 4.79 Å². The summed E-state index contributed by atoms with van der Waals surface area (Å²) in [4.78, 5) is 38.9. The van der Waals surface area contributed by atoms with E-state index >= 15 is 0 Å². The fourth-order valence-corrected chi connectivity index (χ4v) is 8.85. The van der Waals surface area contributed by atoms with Gasteiger partial charge in [-0.25, -0.2) is 9.59 Å². The van der Waals surface area contributed by atoms with Crippen LogP contribution in [0.15, 0.2) is 23.8 Å². The zero-order valence-electron chi connectivity index (χ0n) is 22.7. The van der Waals surface area contributed by atoms with Crippen LogP contribution in [0.5, 0.6) is 0 Å². The Kier molecular flexibility index (Phi) is 6.04. The number of Topliss-reactive ketones (excluding diaryl/α,β-unsaturated/α-hetero) is 1. The van der Waals surface area contributed by atoms with Crippen LogP contribution in [0.1, 0.15) is 65.7 Å². The fourth-order valence-electron chi connectivity index (χ4n) is 8.85. The molecule has 4 aliphatic heterocycles. The number of allylic oxidation sites excluding steroid dienone is 1. The average molecular weight is 547 g/mol. The van der Waals surface area contributed by atoms with E-state index in [4.69, 9.17) is 18.9 Å². The smallest absolute Gasteiger partial charge is 0.330 e. The Morgan fingerprint density at radius 1 is 1.08 bits per heavy atom. The first-order valence-electron chi connectivity index (χ1n) is 14.0. The van der Waals surface area contributed by atoms with Gasteiger partial charge in [0, 0.05) is 35.3 Å². The second kappa shape index (κ2) is 8.69. The highest BCUT2D eigenvalue weighted by atomic mass is 16.6. The average Bonchev–Trinajstić information content (AvgIpc) is 3.02. The normalized spacial score (nSPS) is 53.3. The summed E-state index contributed by atoms with van der Waals surface area (Å²) in [6.07, 6.45) is 3.04. The number of ketones is 1. The van der Waals surface area contributed by atoms with Crippen LogP contribution < -0.4 is 0 Å². The zero-order chi connectivity index (χ0) is 28.0. The van der Waals surface area contributed by atoms with Crippen molar-refractivity contribution < 1.29 is 48.7 Å². The number of esters is 2. The summed E-state index contributed by atoms with van der Waals surface area (Å²) in [5.41, 5.74) is -5.55. The van der Waals surface area contributed by atoms with E-state index in [0.717, 1.165) is 0 Å². The lowest BCUT2D eigenvalue weighted by molar-refractivity contribution is -0.377. The number of cyclic esters (lactones) is 1. The van der Waals surface area contributed by atoms with Crippen LogP contribution in [-0.4, -0.2) is 87.5 Å². The maximum atomic E-state index is 13.2. The highest BCUT2D eigenvalue weighted by Crippen LogP contribution is 2.74. The maximum absolute atomic E-state index is 13.2. The van der Waals surface area contributed by atoms with Crippen molar-refractivity contribution in [1.82, 2.24) is 0 Å². The first-order chi connectivity index (χ1) is 18.3. The second-order valence-electron chi connectivity index (χ2n) is 12.9. The molecule has 10 nitrogen and oxygen atoms in total. The quantitative estimate of drug-likeness (QED) is 0.411. The summed E-state index contributed by atoms with van der Waals surface area (Å²) in [5, 5.41) is 34.6. The molecule has 0 aromatic carbocycles. The first-order valence-corrected chi connectivity index (χ1v) is 14.0. The molecule has 3 aliphatic carbocycles. The van der Waals surface area contributed by atoms with Gasteiger partial charge in [-0.15, -0.1) is 0 Å². The standard InChI is InChI=1S/C29H38O10/c1-16(30)28-8-5-4-6-21(31)38-19-13-20-29(35)14-18-24(39-20)27(26(19,29)3,10-9-25(18,2)34)15-36-22(32)12-17(23(28)33)7-11-37-28/h4,6,12,18-20,23-24,33-35H,5,7-11,13-15H2,1-3H3/b6-4-,17-12-/t18-,19+,20+,23+,24+,25-,26+,27+,28+,29-/m0/s1. The van der Waals surface area contributed by atoms with Crippen LogP contribution in [0.25, 0.3) is 0 Å². The molecule has 6 fully saturated rings. The van der Waals surface area contributed by atoms with Crippen molar-refractivity contribution in [1.29, 1.82) is 0 Å². The number of carbonyl (C=O) groups is 3. The molecule has 8 bridgehead atoms. The van der Waals surface area contributed by atoms with E-state index in [2.05, 4.69) is 0 Å². The second-order valence-corrected chi connectivity index (χ2v) is 12.9. The molecule has 1 spiro atoms. The third-order valence-electron chi connectivity index (χ3n) is 11.3. The van der Waals surface area contributed by atoms with E-state index in [-0.39, 0.29) is 44.2 Å². The first kappa shape index (κ1) is 27.1. The number of aliphatic hydroxyl groups is 3. The van der Waals surface area contributed by atoms with Crippen molar-refractivity contribution in [2.75, 3.05) is 13.2 Å². The van der Waals surface area contributed by atoms with E-state index < -0.39 is 64.0 Å². The molecule has 7 aliphatic rings. The van der Waals surface area contributed by atoms with E-state index in [0.29, 0.717) is 31.3 Å². The predicted octanol–water partition coefficient (Wildman–Crippen LogP) is 1.29. The van der Waals surface area contributed by atoms with Crippen molar-refractivity contribution in [3.63, 3.8) is 0 Å². The molecule has 10 atom stereocenters. The molecule has 0 unspecified atom stereocenters. The molecule has 0 radical (unpaired) electrons. The monoisotopic (exact) mass is 546 g/mol. The zero-order valence-corrected chi connectivity index (χ0v) is 22.7. The molecule has 10 heteroatoms. The number of ether oxygens (including phenoxy) is 4. The molecule has 39 heavy (non-hydrogen) atoms. The van der Waals surface area contributed by atoms with Gasteiger partial charge < -0.3 is 34.3 Å². The number of rotatable bonds is 1. The van der Waals surface area contributed by atoms with E-state index in [1.807, 2.05) is 6.92 Å². The lowest BCUT2D eigenvalue weighted by Crippen LogP contribution is -2.80. The fraction of sp³-hybridized carbons (Fsp3) is 0.759. The van der Waals surface area contributed by atoms with Gasteiger partial charge >= 0.3 is 11.9 Å². The van der Waals surface area contributed by atoms with Crippen LogP contribution >= 0.6 is 0 Å². The van der Waals surface area contributed by atoms with E-state index in [1.54, 1.807) is 13.0 Å². The van der Waals surface area contributed by atoms with Gasteiger partial charge in [0.15, 0.2) is 11.4 Å². The molecular weight excluding hydrogens is 508 g/mol. The number of hydrogen-bond donors (Lipinski definition) is 3. The number of hydrogen-bond acceptors (Lipinski definition) is 10. The van der Waals surface area contributed by atoms with Gasteiger partial charge in [0.2, 0.25) is 0 Å². The Balaban J connectivity index is 1.42. The Morgan fingerprint density at radius 2 is 1.85 bits per heavy atom. The number of aliphatic hydroxyl groups excluding tert-OH is 1. The third kappa shape index (κ3) is 3.48. The van der Waals surface area contributed by atoms with Crippen LogP contribution in [-0.2, 0) is 33.3 Å². The Morgan fingerprint density at radius 3 is 2.59 bits per heavy atom. The summed E-state index contributed by atoms with van der Waals surface area (Å²) in [7, 11) is 0.